The second-order valence-electron chi connectivity index (χ2n) is 5.50. The molecule has 3 rings (SSSR count). The zero-order valence-corrected chi connectivity index (χ0v) is 14.2. The number of ether oxygens (including phenoxy) is 1. The molecule has 0 aliphatic heterocycles. The van der Waals surface area contributed by atoms with Crippen molar-refractivity contribution in [3.63, 3.8) is 0 Å². The van der Waals surface area contributed by atoms with E-state index in [-0.39, 0.29) is 12.1 Å². The number of amides is 1. The van der Waals surface area contributed by atoms with Gasteiger partial charge in [0.1, 0.15) is 11.4 Å². The molecule has 0 fully saturated rings. The van der Waals surface area contributed by atoms with Gasteiger partial charge in [-0.3, -0.25) is 19.0 Å². The second-order valence-corrected chi connectivity index (χ2v) is 6.36. The predicted molar refractivity (Wildman–Crippen MR) is 94.2 cm³/mol. The number of esters is 1. The van der Waals surface area contributed by atoms with Crippen molar-refractivity contribution in [2.24, 2.45) is 5.73 Å². The smallest absolute Gasteiger partial charge is 0.326 e. The van der Waals surface area contributed by atoms with Crippen molar-refractivity contribution in [3.8, 4) is 11.1 Å². The molecule has 0 bridgehead atoms. The van der Waals surface area contributed by atoms with Gasteiger partial charge in [-0.1, -0.05) is 29.8 Å². The number of aryl methyl sites for hydroxylation is 1. The van der Waals surface area contributed by atoms with Crippen LogP contribution in [0.2, 0.25) is 0 Å². The summed E-state index contributed by atoms with van der Waals surface area (Å²) in [5, 5.41) is 2.33. The zero-order valence-electron chi connectivity index (χ0n) is 13.4. The van der Waals surface area contributed by atoms with E-state index in [1.54, 1.807) is 0 Å². The highest BCUT2D eigenvalue weighted by Gasteiger charge is 2.15. The van der Waals surface area contributed by atoms with E-state index in [2.05, 4.69) is 9.72 Å². The fourth-order valence-electron chi connectivity index (χ4n) is 2.36. The Labute approximate surface area is 146 Å². The van der Waals surface area contributed by atoms with E-state index in [4.69, 9.17) is 5.73 Å². The Morgan fingerprint density at radius 2 is 2.00 bits per heavy atom. The molecule has 25 heavy (non-hydrogen) atoms. The molecule has 0 radical (unpaired) electrons. The van der Waals surface area contributed by atoms with E-state index in [9.17, 15) is 14.4 Å². The molecule has 2 aromatic heterocycles. The van der Waals surface area contributed by atoms with Crippen molar-refractivity contribution >= 4 is 33.4 Å². The largest absolute Gasteiger partial charge is 0.454 e. The summed E-state index contributed by atoms with van der Waals surface area (Å²) in [4.78, 5) is 40.0. The van der Waals surface area contributed by atoms with Gasteiger partial charge in [0.05, 0.1) is 11.7 Å². The molecule has 128 valence electrons. The van der Waals surface area contributed by atoms with Crippen molar-refractivity contribution < 1.29 is 14.3 Å². The molecular formula is C17H15N3O4S. The molecule has 1 amide bonds. The highest BCUT2D eigenvalue weighted by molar-refractivity contribution is 7.17. The van der Waals surface area contributed by atoms with Crippen LogP contribution in [0.15, 0.2) is 40.8 Å². The predicted octanol–water partition coefficient (Wildman–Crippen LogP) is 1.46. The van der Waals surface area contributed by atoms with Crippen molar-refractivity contribution in [2.45, 2.75) is 13.5 Å². The highest BCUT2D eigenvalue weighted by Crippen LogP contribution is 2.30. The van der Waals surface area contributed by atoms with E-state index in [0.717, 1.165) is 21.3 Å². The molecule has 0 spiro atoms. The van der Waals surface area contributed by atoms with Crippen LogP contribution in [0, 0.1) is 6.92 Å². The van der Waals surface area contributed by atoms with Gasteiger partial charge in [0, 0.05) is 10.9 Å². The number of hydrogen-bond acceptors (Lipinski definition) is 6. The number of hydrogen-bond donors (Lipinski definition) is 1. The van der Waals surface area contributed by atoms with Crippen molar-refractivity contribution in [1.29, 1.82) is 0 Å². The van der Waals surface area contributed by atoms with Crippen LogP contribution in [0.4, 0.5) is 0 Å². The fraction of sp³-hybridized carbons (Fsp3) is 0.176. The minimum absolute atomic E-state index is 0.335. The number of nitrogens with zero attached hydrogens (tertiary/aromatic N) is 2. The maximum atomic E-state index is 12.8. The van der Waals surface area contributed by atoms with Gasteiger partial charge in [0.25, 0.3) is 11.5 Å². The van der Waals surface area contributed by atoms with Crippen LogP contribution in [0.1, 0.15) is 5.56 Å². The van der Waals surface area contributed by atoms with Crippen LogP contribution in [0.5, 0.6) is 0 Å². The first-order valence-corrected chi connectivity index (χ1v) is 8.31. The minimum atomic E-state index is -0.756. The van der Waals surface area contributed by atoms with Crippen LogP contribution in [0.25, 0.3) is 21.3 Å². The average Bonchev–Trinajstić information content (AvgIpc) is 3.01. The first-order valence-electron chi connectivity index (χ1n) is 7.43. The molecule has 0 aliphatic carbocycles. The Morgan fingerprint density at radius 3 is 2.68 bits per heavy atom. The van der Waals surface area contributed by atoms with Crippen molar-refractivity contribution in [2.75, 3.05) is 6.61 Å². The van der Waals surface area contributed by atoms with Crippen LogP contribution in [-0.2, 0) is 20.9 Å². The van der Waals surface area contributed by atoms with Crippen LogP contribution >= 0.6 is 11.3 Å². The van der Waals surface area contributed by atoms with Gasteiger partial charge in [-0.15, -0.1) is 11.3 Å². The topological polar surface area (TPSA) is 104 Å². The lowest BCUT2D eigenvalue weighted by atomic mass is 10.1. The summed E-state index contributed by atoms with van der Waals surface area (Å²) >= 11 is 1.37. The number of fused-ring (bicyclic) bond motifs is 1. The van der Waals surface area contributed by atoms with Crippen LogP contribution < -0.4 is 11.3 Å². The summed E-state index contributed by atoms with van der Waals surface area (Å²) in [6.07, 6.45) is 1.30. The molecule has 0 saturated carbocycles. The Bertz CT molecular complexity index is 1000. The molecule has 0 atom stereocenters. The average molecular weight is 357 g/mol. The number of carbonyl (C=O) groups is 2. The molecule has 0 saturated heterocycles. The Hall–Kier alpha value is -3.00. The summed E-state index contributed by atoms with van der Waals surface area (Å²) in [7, 11) is 0. The van der Waals surface area contributed by atoms with Gasteiger partial charge >= 0.3 is 5.97 Å². The second kappa shape index (κ2) is 6.86. The summed E-state index contributed by atoms with van der Waals surface area (Å²) in [6, 6.07) is 7.81. The van der Waals surface area contributed by atoms with Crippen molar-refractivity contribution in [1.82, 2.24) is 9.55 Å². The van der Waals surface area contributed by atoms with Gasteiger partial charge < -0.3 is 10.5 Å². The molecule has 2 N–H and O–H groups in total. The van der Waals surface area contributed by atoms with Crippen LogP contribution in [-0.4, -0.2) is 28.0 Å². The summed E-state index contributed by atoms with van der Waals surface area (Å²) in [5.41, 5.74) is 7.39. The van der Waals surface area contributed by atoms with Gasteiger partial charge in [-0.2, -0.15) is 0 Å². The highest BCUT2D eigenvalue weighted by atomic mass is 32.1. The van der Waals surface area contributed by atoms with Gasteiger partial charge in [-0.05, 0) is 12.5 Å². The van der Waals surface area contributed by atoms with E-state index >= 15 is 0 Å². The Balaban J connectivity index is 1.97. The zero-order chi connectivity index (χ0) is 18.0. The van der Waals surface area contributed by atoms with E-state index in [0.29, 0.717) is 10.2 Å². The third kappa shape index (κ3) is 3.58. The maximum absolute atomic E-state index is 12.8. The number of aromatic nitrogens is 2. The number of thiophene rings is 1. The van der Waals surface area contributed by atoms with Gasteiger partial charge in [0.2, 0.25) is 0 Å². The van der Waals surface area contributed by atoms with Crippen LogP contribution in [0.3, 0.4) is 0 Å². The lowest BCUT2D eigenvalue weighted by Crippen LogP contribution is -2.28. The summed E-state index contributed by atoms with van der Waals surface area (Å²) < 4.78 is 5.85. The van der Waals surface area contributed by atoms with Crippen molar-refractivity contribution in [3.05, 3.63) is 51.9 Å². The SMILES string of the molecule is Cc1ccc(-c2csc3ncn(CC(=O)OCC(N)=O)c(=O)c23)cc1. The maximum Gasteiger partial charge on any atom is 0.326 e. The molecule has 2 heterocycles. The molecule has 3 aromatic rings. The van der Waals surface area contributed by atoms with Gasteiger partial charge in [-0.25, -0.2) is 4.98 Å². The molecule has 8 heteroatoms. The lowest BCUT2D eigenvalue weighted by molar-refractivity contribution is -0.148. The molecule has 0 aliphatic rings. The quantitative estimate of drug-likeness (QED) is 0.696. The monoisotopic (exact) mass is 357 g/mol. The number of rotatable bonds is 5. The molecular weight excluding hydrogens is 342 g/mol. The third-order valence-corrected chi connectivity index (χ3v) is 4.48. The van der Waals surface area contributed by atoms with E-state index < -0.39 is 18.5 Å². The van der Waals surface area contributed by atoms with E-state index in [1.165, 1.54) is 17.7 Å². The lowest BCUT2D eigenvalue weighted by Gasteiger charge is -2.06. The molecule has 7 nitrogen and oxygen atoms in total. The first kappa shape index (κ1) is 16.8. The summed E-state index contributed by atoms with van der Waals surface area (Å²) in [5.74, 6) is -1.48. The number of primary amides is 1. The number of nitrogens with two attached hydrogens (primary N) is 1. The Morgan fingerprint density at radius 1 is 1.28 bits per heavy atom. The van der Waals surface area contributed by atoms with E-state index in [1.807, 2.05) is 36.6 Å². The van der Waals surface area contributed by atoms with Gasteiger partial charge in [0.15, 0.2) is 6.61 Å². The number of carbonyl (C=O) groups excluding carboxylic acids is 2. The normalized spacial score (nSPS) is 10.8. The standard InChI is InChI=1S/C17H15N3O4S/c1-10-2-4-11(5-3-10)12-8-25-16-15(12)17(23)20(9-19-16)6-14(22)24-7-13(18)21/h2-5,8-9H,6-7H2,1H3,(H2,18,21). The Kier molecular flexibility index (Phi) is 4.62. The first-order chi connectivity index (χ1) is 12.0. The molecule has 1 aromatic carbocycles. The fourth-order valence-corrected chi connectivity index (χ4v) is 3.27. The third-order valence-electron chi connectivity index (χ3n) is 3.60. The molecule has 0 unspecified atom stereocenters. The number of benzene rings is 1. The minimum Gasteiger partial charge on any atom is -0.454 e. The summed E-state index contributed by atoms with van der Waals surface area (Å²) in [6.45, 7) is 1.14.